The topological polar surface area (TPSA) is 101 Å². The number of ether oxygens (including phenoxy) is 5. The molecule has 374 valence electrons. The largest absolute Gasteiger partial charge is 0.489 e. The number of fused-ring (bicyclic) bond motifs is 1. The predicted octanol–water partition coefficient (Wildman–Crippen LogP) is 12.5. The minimum absolute atomic E-state index is 0.0146. The third-order valence-corrected chi connectivity index (χ3v) is 12.5. The molecule has 2 aromatic heterocycles. The van der Waals surface area contributed by atoms with Crippen LogP contribution in [0.4, 0.5) is 13.2 Å². The SMILES string of the molecule is CC(C)(C)c1ccc(F)c(OCCN2CCCC2)c1.CC(C)(C)c1ccc2c(c1)OC(C1CC1)CO2.CC(C)(C)c1cnc(F)c(OCC2CC2)n1.CC(C)(C)c1ncc(F)c(OCC2CC2)n1. The van der Waals surface area contributed by atoms with Crippen LogP contribution in [0, 0.1) is 35.3 Å². The molecule has 0 amide bonds. The maximum Gasteiger partial charge on any atom is 0.275 e. The monoisotopic (exact) mass is 946 g/mol. The highest BCUT2D eigenvalue weighted by Crippen LogP contribution is 2.42. The molecule has 1 unspecified atom stereocenters. The van der Waals surface area contributed by atoms with Crippen molar-refractivity contribution in [3.05, 3.63) is 89.0 Å². The van der Waals surface area contributed by atoms with Crippen molar-refractivity contribution in [1.29, 1.82) is 0 Å². The van der Waals surface area contributed by atoms with E-state index >= 15 is 0 Å². The predicted molar refractivity (Wildman–Crippen MR) is 262 cm³/mol. The molecule has 4 aromatic rings. The van der Waals surface area contributed by atoms with Crippen molar-refractivity contribution in [3.8, 4) is 29.0 Å². The Balaban J connectivity index is 0.000000150. The molecule has 1 atom stereocenters. The van der Waals surface area contributed by atoms with Crippen LogP contribution in [0.15, 0.2) is 48.8 Å². The van der Waals surface area contributed by atoms with Gasteiger partial charge in [-0.1, -0.05) is 95.2 Å². The highest BCUT2D eigenvalue weighted by Gasteiger charge is 2.36. The lowest BCUT2D eigenvalue weighted by Gasteiger charge is -2.28. The summed E-state index contributed by atoms with van der Waals surface area (Å²) < 4.78 is 68.6. The second-order valence-corrected chi connectivity index (χ2v) is 23.2. The standard InChI is InChI=1S/C16H24FNO.C15H20O2.2C12H17FN2O/c1-16(2,3)13-6-7-14(17)15(12-13)19-11-10-18-8-4-5-9-18;1-15(2,3)11-6-7-12-13(8-11)17-14(9-16-12)10-4-5-10;1-12(2,3)9-6-14-10(13)11(15-9)16-7-8-4-5-8;1-12(2,3)11-14-6-9(13)10(15-11)16-7-8-4-5-8/h6-7,12H,4-5,8-11H2,1-3H3;6-8,10,14H,4-5,9H2,1-3H3;2*6,8H,4-5,7H2,1-3H3. The number of halogens is 3. The van der Waals surface area contributed by atoms with E-state index in [1.54, 1.807) is 0 Å². The first kappa shape index (κ1) is 52.7. The van der Waals surface area contributed by atoms with Gasteiger partial charge < -0.3 is 23.7 Å². The molecule has 9 rings (SSSR count). The Morgan fingerprint density at radius 2 is 1.22 bits per heavy atom. The van der Waals surface area contributed by atoms with Crippen LogP contribution in [0.2, 0.25) is 0 Å². The molecule has 2 aliphatic heterocycles. The molecule has 4 fully saturated rings. The van der Waals surface area contributed by atoms with E-state index in [1.807, 2.05) is 59.7 Å². The number of hydrogen-bond acceptors (Lipinski definition) is 10. The molecule has 0 spiro atoms. The summed E-state index contributed by atoms with van der Waals surface area (Å²) >= 11 is 0. The van der Waals surface area contributed by atoms with E-state index in [0.29, 0.717) is 49.8 Å². The zero-order chi connectivity index (χ0) is 49.4. The van der Waals surface area contributed by atoms with Crippen molar-refractivity contribution < 1.29 is 36.9 Å². The van der Waals surface area contributed by atoms with Crippen LogP contribution in [0.25, 0.3) is 0 Å². The summed E-state index contributed by atoms with van der Waals surface area (Å²) in [6, 6.07) is 11.5. The first-order valence-corrected chi connectivity index (χ1v) is 24.8. The second kappa shape index (κ2) is 22.4. The second-order valence-electron chi connectivity index (χ2n) is 23.2. The Labute approximate surface area is 404 Å². The molecule has 1 saturated heterocycles. The summed E-state index contributed by atoms with van der Waals surface area (Å²) in [5, 5.41) is 0. The molecule has 13 heteroatoms. The van der Waals surface area contributed by atoms with E-state index in [4.69, 9.17) is 23.7 Å². The number of rotatable bonds is 11. The molecule has 0 radical (unpaired) electrons. The fourth-order valence-electron chi connectivity index (χ4n) is 7.21. The van der Waals surface area contributed by atoms with E-state index in [0.717, 1.165) is 48.3 Å². The molecule has 2 aromatic carbocycles. The molecular weight excluding hydrogens is 868 g/mol. The Bertz CT molecular complexity index is 2170. The molecule has 3 aliphatic carbocycles. The van der Waals surface area contributed by atoms with Gasteiger partial charge in [-0.3, -0.25) is 4.90 Å². The fourth-order valence-corrected chi connectivity index (χ4v) is 7.21. The molecule has 10 nitrogen and oxygen atoms in total. The summed E-state index contributed by atoms with van der Waals surface area (Å²) in [6.45, 7) is 30.6. The number of benzene rings is 2. The van der Waals surface area contributed by atoms with Crippen LogP contribution >= 0.6 is 0 Å². The normalized spacial score (nSPS) is 18.2. The number of likely N-dealkylation sites (tertiary alicyclic amines) is 1. The van der Waals surface area contributed by atoms with Gasteiger partial charge in [0.1, 0.15) is 25.1 Å². The van der Waals surface area contributed by atoms with Crippen molar-refractivity contribution in [1.82, 2.24) is 24.8 Å². The third-order valence-electron chi connectivity index (χ3n) is 12.5. The van der Waals surface area contributed by atoms with Crippen molar-refractivity contribution in [2.45, 2.75) is 162 Å². The molecule has 5 aliphatic rings. The van der Waals surface area contributed by atoms with Gasteiger partial charge in [0.2, 0.25) is 5.82 Å². The smallest absolute Gasteiger partial charge is 0.275 e. The summed E-state index contributed by atoms with van der Waals surface area (Å²) in [6.07, 6.45) is 12.8. The molecular formula is C55H78F3N5O5. The molecule has 4 heterocycles. The number of hydrogen-bond donors (Lipinski definition) is 0. The average molecular weight is 946 g/mol. The van der Waals surface area contributed by atoms with Crippen molar-refractivity contribution >= 4 is 0 Å². The number of nitrogens with zero attached hydrogens (tertiary/aromatic N) is 5. The van der Waals surface area contributed by atoms with Crippen LogP contribution < -0.4 is 23.7 Å². The van der Waals surface area contributed by atoms with Gasteiger partial charge in [0, 0.05) is 17.4 Å². The van der Waals surface area contributed by atoms with Gasteiger partial charge in [-0.15, -0.1) is 0 Å². The fraction of sp³-hybridized carbons (Fsp3) is 0.636. The zero-order valence-corrected chi connectivity index (χ0v) is 42.9. The van der Waals surface area contributed by atoms with Gasteiger partial charge in [-0.25, -0.2) is 19.3 Å². The Morgan fingerprint density at radius 3 is 1.79 bits per heavy atom. The summed E-state index contributed by atoms with van der Waals surface area (Å²) in [5.74, 6) is 3.48. The molecule has 68 heavy (non-hydrogen) atoms. The minimum atomic E-state index is -0.617. The van der Waals surface area contributed by atoms with E-state index < -0.39 is 11.8 Å². The summed E-state index contributed by atoms with van der Waals surface area (Å²) in [4.78, 5) is 18.4. The van der Waals surface area contributed by atoms with Gasteiger partial charge in [0.05, 0.1) is 31.3 Å². The zero-order valence-electron chi connectivity index (χ0n) is 42.9. The Morgan fingerprint density at radius 1 is 0.618 bits per heavy atom. The maximum absolute atomic E-state index is 13.7. The molecule has 0 N–H and O–H groups in total. The van der Waals surface area contributed by atoms with E-state index in [2.05, 4.69) is 78.5 Å². The van der Waals surface area contributed by atoms with Gasteiger partial charge in [0.15, 0.2) is 23.1 Å². The van der Waals surface area contributed by atoms with Gasteiger partial charge in [0.25, 0.3) is 17.7 Å². The first-order valence-electron chi connectivity index (χ1n) is 24.8. The van der Waals surface area contributed by atoms with Crippen molar-refractivity contribution in [3.63, 3.8) is 0 Å². The van der Waals surface area contributed by atoms with Gasteiger partial charge in [-0.2, -0.15) is 13.8 Å². The van der Waals surface area contributed by atoms with Crippen molar-refractivity contribution in [2.75, 3.05) is 46.1 Å². The average Bonchev–Trinajstić information content (AvgIpc) is 4.16. The van der Waals surface area contributed by atoms with Crippen LogP contribution in [0.3, 0.4) is 0 Å². The summed E-state index contributed by atoms with van der Waals surface area (Å²) in [5.41, 5.74) is 3.00. The Hall–Kier alpha value is -4.65. The van der Waals surface area contributed by atoms with E-state index in [-0.39, 0.29) is 45.3 Å². The lowest BCUT2D eigenvalue weighted by atomic mass is 9.87. The van der Waals surface area contributed by atoms with Crippen LogP contribution in [-0.4, -0.2) is 77.0 Å². The third kappa shape index (κ3) is 16.5. The summed E-state index contributed by atoms with van der Waals surface area (Å²) in [7, 11) is 0. The van der Waals surface area contributed by atoms with Crippen LogP contribution in [0.5, 0.6) is 29.0 Å². The first-order chi connectivity index (χ1) is 31.9. The van der Waals surface area contributed by atoms with Gasteiger partial charge >= 0.3 is 0 Å². The minimum Gasteiger partial charge on any atom is -0.489 e. The lowest BCUT2D eigenvalue weighted by molar-refractivity contribution is 0.0755. The van der Waals surface area contributed by atoms with Crippen LogP contribution in [-0.2, 0) is 21.7 Å². The van der Waals surface area contributed by atoms with E-state index in [1.165, 1.54) is 75.4 Å². The maximum atomic E-state index is 13.7. The highest BCUT2D eigenvalue weighted by molar-refractivity contribution is 5.46. The molecule has 0 bridgehead atoms. The van der Waals surface area contributed by atoms with Crippen LogP contribution in [0.1, 0.15) is 157 Å². The van der Waals surface area contributed by atoms with E-state index in [9.17, 15) is 13.2 Å². The van der Waals surface area contributed by atoms with Gasteiger partial charge in [-0.05, 0) is 128 Å². The number of aromatic nitrogens is 4. The lowest BCUT2D eigenvalue weighted by Crippen LogP contribution is -2.31. The molecule has 3 saturated carbocycles. The Kier molecular flexibility index (Phi) is 17.4. The highest BCUT2D eigenvalue weighted by atomic mass is 19.1. The quantitative estimate of drug-likeness (QED) is 0.144. The van der Waals surface area contributed by atoms with Crippen molar-refractivity contribution in [2.24, 2.45) is 17.8 Å².